The molecular weight excluding hydrogens is 226 g/mol. The minimum atomic E-state index is 0.0186. The Kier molecular flexibility index (Phi) is 5.82. The molecule has 2 atom stereocenters. The molecule has 0 amide bonds. The van der Waals surface area contributed by atoms with Crippen LogP contribution < -0.4 is 5.73 Å². The van der Waals surface area contributed by atoms with Gasteiger partial charge in [0.2, 0.25) is 0 Å². The first-order valence-electron chi connectivity index (χ1n) is 6.88. The lowest BCUT2D eigenvalue weighted by atomic mass is 9.96. The summed E-state index contributed by atoms with van der Waals surface area (Å²) in [6.07, 6.45) is 1.88. The molecule has 18 heavy (non-hydrogen) atoms. The standard InChI is InChI=1S/C14H27N3O/c1-6-11-8-12(17(5)16-11)9-13(15)14(10(3)4)18-7-2/h8,10,13-14H,6-7,9,15H2,1-5H3. The maximum Gasteiger partial charge on any atom is 0.0752 e. The van der Waals surface area contributed by atoms with Crippen LogP contribution in [0.25, 0.3) is 0 Å². The number of aromatic nitrogens is 2. The molecule has 0 saturated heterocycles. The third-order valence-electron chi connectivity index (χ3n) is 3.27. The summed E-state index contributed by atoms with van der Waals surface area (Å²) in [5, 5.41) is 4.45. The molecule has 1 heterocycles. The van der Waals surface area contributed by atoms with Gasteiger partial charge in [0.05, 0.1) is 11.8 Å². The lowest BCUT2D eigenvalue weighted by Crippen LogP contribution is -2.42. The zero-order valence-corrected chi connectivity index (χ0v) is 12.3. The van der Waals surface area contributed by atoms with Gasteiger partial charge in [-0.2, -0.15) is 5.10 Å². The quantitative estimate of drug-likeness (QED) is 0.807. The highest BCUT2D eigenvalue weighted by Gasteiger charge is 2.23. The normalized spacial score (nSPS) is 15.1. The molecule has 1 rings (SSSR count). The highest BCUT2D eigenvalue weighted by atomic mass is 16.5. The van der Waals surface area contributed by atoms with Gasteiger partial charge >= 0.3 is 0 Å². The van der Waals surface area contributed by atoms with E-state index in [1.807, 2.05) is 18.7 Å². The summed E-state index contributed by atoms with van der Waals surface area (Å²) in [4.78, 5) is 0. The summed E-state index contributed by atoms with van der Waals surface area (Å²) in [6, 6.07) is 2.16. The average molecular weight is 253 g/mol. The van der Waals surface area contributed by atoms with Crippen molar-refractivity contribution in [1.29, 1.82) is 0 Å². The number of ether oxygens (including phenoxy) is 1. The molecule has 4 heteroatoms. The first-order chi connectivity index (χ1) is 8.49. The van der Waals surface area contributed by atoms with E-state index in [-0.39, 0.29) is 12.1 Å². The van der Waals surface area contributed by atoms with Crippen molar-refractivity contribution in [3.05, 3.63) is 17.5 Å². The Morgan fingerprint density at radius 1 is 1.39 bits per heavy atom. The highest BCUT2D eigenvalue weighted by molar-refractivity contribution is 5.12. The largest absolute Gasteiger partial charge is 0.377 e. The van der Waals surface area contributed by atoms with E-state index in [2.05, 4.69) is 31.9 Å². The Bertz CT molecular complexity index is 360. The Labute approximate surface area is 111 Å². The Balaban J connectivity index is 2.72. The third kappa shape index (κ3) is 3.82. The summed E-state index contributed by atoms with van der Waals surface area (Å²) in [6.45, 7) is 9.15. The molecule has 2 unspecified atom stereocenters. The van der Waals surface area contributed by atoms with Crippen LogP contribution in [-0.4, -0.2) is 28.5 Å². The van der Waals surface area contributed by atoms with Gasteiger partial charge in [-0.05, 0) is 25.3 Å². The number of nitrogens with zero attached hydrogens (tertiary/aromatic N) is 2. The Hall–Kier alpha value is -0.870. The lowest BCUT2D eigenvalue weighted by Gasteiger charge is -2.27. The fourth-order valence-corrected chi connectivity index (χ4v) is 2.30. The van der Waals surface area contributed by atoms with Crippen LogP contribution in [0.4, 0.5) is 0 Å². The second-order valence-corrected chi connectivity index (χ2v) is 5.14. The predicted molar refractivity (Wildman–Crippen MR) is 74.5 cm³/mol. The topological polar surface area (TPSA) is 53.1 Å². The monoisotopic (exact) mass is 253 g/mol. The molecule has 2 N–H and O–H groups in total. The van der Waals surface area contributed by atoms with Crippen LogP contribution in [0.15, 0.2) is 6.07 Å². The van der Waals surface area contributed by atoms with Crippen molar-refractivity contribution in [2.75, 3.05) is 6.61 Å². The highest BCUT2D eigenvalue weighted by Crippen LogP contribution is 2.15. The second kappa shape index (κ2) is 6.90. The van der Waals surface area contributed by atoms with Crippen molar-refractivity contribution in [3.8, 4) is 0 Å². The molecule has 0 saturated carbocycles. The van der Waals surface area contributed by atoms with Gasteiger partial charge in [0.15, 0.2) is 0 Å². The minimum absolute atomic E-state index is 0.0186. The maximum atomic E-state index is 6.29. The Morgan fingerprint density at radius 2 is 2.06 bits per heavy atom. The average Bonchev–Trinajstić information content (AvgIpc) is 2.66. The van der Waals surface area contributed by atoms with Crippen LogP contribution in [0.3, 0.4) is 0 Å². The van der Waals surface area contributed by atoms with E-state index < -0.39 is 0 Å². The smallest absolute Gasteiger partial charge is 0.0752 e. The Morgan fingerprint density at radius 3 is 2.50 bits per heavy atom. The van der Waals surface area contributed by atoms with Crippen molar-refractivity contribution >= 4 is 0 Å². The van der Waals surface area contributed by atoms with E-state index in [1.165, 1.54) is 5.69 Å². The summed E-state index contributed by atoms with van der Waals surface area (Å²) < 4.78 is 7.69. The molecule has 0 aliphatic rings. The molecule has 0 aliphatic carbocycles. The fraction of sp³-hybridized carbons (Fsp3) is 0.786. The van der Waals surface area contributed by atoms with Crippen LogP contribution in [0, 0.1) is 5.92 Å². The number of hydrogen-bond acceptors (Lipinski definition) is 3. The molecule has 0 aromatic carbocycles. The number of aryl methyl sites for hydroxylation is 2. The summed E-state index contributed by atoms with van der Waals surface area (Å²) in [5.74, 6) is 0.429. The molecule has 1 aromatic heterocycles. The number of nitrogens with two attached hydrogens (primary N) is 1. The van der Waals surface area contributed by atoms with Crippen molar-refractivity contribution in [3.63, 3.8) is 0 Å². The first-order valence-corrected chi connectivity index (χ1v) is 6.88. The van der Waals surface area contributed by atoms with Gasteiger partial charge in [-0.15, -0.1) is 0 Å². The van der Waals surface area contributed by atoms with E-state index in [9.17, 15) is 0 Å². The summed E-state index contributed by atoms with van der Waals surface area (Å²) in [7, 11) is 1.98. The van der Waals surface area contributed by atoms with E-state index in [0.29, 0.717) is 12.5 Å². The zero-order chi connectivity index (χ0) is 13.7. The van der Waals surface area contributed by atoms with Crippen LogP contribution in [0.1, 0.15) is 39.1 Å². The van der Waals surface area contributed by atoms with Crippen molar-refractivity contribution in [1.82, 2.24) is 9.78 Å². The van der Waals surface area contributed by atoms with Crippen LogP contribution in [0.5, 0.6) is 0 Å². The molecular formula is C14H27N3O. The van der Waals surface area contributed by atoms with Crippen LogP contribution >= 0.6 is 0 Å². The predicted octanol–water partition coefficient (Wildman–Crippen LogP) is 1.91. The van der Waals surface area contributed by atoms with Gasteiger partial charge in [-0.25, -0.2) is 0 Å². The second-order valence-electron chi connectivity index (χ2n) is 5.14. The molecule has 0 aliphatic heterocycles. The fourth-order valence-electron chi connectivity index (χ4n) is 2.30. The molecule has 0 bridgehead atoms. The van der Waals surface area contributed by atoms with E-state index in [1.54, 1.807) is 0 Å². The third-order valence-corrected chi connectivity index (χ3v) is 3.27. The molecule has 104 valence electrons. The van der Waals surface area contributed by atoms with E-state index in [4.69, 9.17) is 10.5 Å². The molecule has 0 spiro atoms. The molecule has 4 nitrogen and oxygen atoms in total. The lowest BCUT2D eigenvalue weighted by molar-refractivity contribution is 0.0124. The van der Waals surface area contributed by atoms with Gasteiger partial charge in [-0.1, -0.05) is 20.8 Å². The molecule has 1 aromatic rings. The van der Waals surface area contributed by atoms with E-state index in [0.717, 1.165) is 18.5 Å². The van der Waals surface area contributed by atoms with Crippen molar-refractivity contribution < 1.29 is 4.74 Å². The van der Waals surface area contributed by atoms with Gasteiger partial charge in [0.1, 0.15) is 0 Å². The molecule has 0 radical (unpaired) electrons. The van der Waals surface area contributed by atoms with Crippen molar-refractivity contribution in [2.45, 2.75) is 52.7 Å². The van der Waals surface area contributed by atoms with Gasteiger partial charge < -0.3 is 10.5 Å². The SMILES string of the molecule is CCOC(C(C)C)C(N)Cc1cc(CC)nn1C. The maximum absolute atomic E-state index is 6.29. The summed E-state index contributed by atoms with van der Waals surface area (Å²) >= 11 is 0. The van der Waals surface area contributed by atoms with Gasteiger partial charge in [-0.3, -0.25) is 4.68 Å². The number of hydrogen-bond donors (Lipinski definition) is 1. The minimum Gasteiger partial charge on any atom is -0.377 e. The van der Waals surface area contributed by atoms with Gasteiger partial charge in [0, 0.05) is 31.8 Å². The number of rotatable bonds is 7. The zero-order valence-electron chi connectivity index (χ0n) is 12.3. The van der Waals surface area contributed by atoms with Crippen LogP contribution in [-0.2, 0) is 24.6 Å². The summed E-state index contributed by atoms with van der Waals surface area (Å²) in [5.41, 5.74) is 8.60. The molecule has 0 fully saturated rings. The first kappa shape index (κ1) is 15.2. The van der Waals surface area contributed by atoms with Crippen LogP contribution in [0.2, 0.25) is 0 Å². The van der Waals surface area contributed by atoms with E-state index >= 15 is 0 Å². The van der Waals surface area contributed by atoms with Gasteiger partial charge in [0.25, 0.3) is 0 Å². The van der Waals surface area contributed by atoms with Crippen molar-refractivity contribution in [2.24, 2.45) is 18.7 Å².